The molecule has 0 bridgehead atoms. The van der Waals surface area contributed by atoms with Crippen molar-refractivity contribution >= 4 is 5.97 Å². The Labute approximate surface area is 109 Å². The number of carbonyl (C=O) groups excluding carboxylic acids is 1. The summed E-state index contributed by atoms with van der Waals surface area (Å²) in [5, 5.41) is 8.62. The lowest BCUT2D eigenvalue weighted by molar-refractivity contribution is -0.143. The van der Waals surface area contributed by atoms with Crippen LogP contribution in [0.1, 0.15) is 25.3 Å². The van der Waals surface area contributed by atoms with Crippen molar-refractivity contribution in [1.82, 2.24) is 0 Å². The molecule has 1 aromatic carbocycles. The number of halogens is 2. The minimum atomic E-state index is -1.14. The number of carbonyl (C=O) groups is 1. The van der Waals surface area contributed by atoms with E-state index in [2.05, 4.69) is 0 Å². The molecule has 0 heterocycles. The lowest BCUT2D eigenvalue weighted by atomic mass is 10.2. The van der Waals surface area contributed by atoms with Crippen molar-refractivity contribution in [3.8, 4) is 11.8 Å². The average Bonchev–Trinajstić information content (AvgIpc) is 2.39. The highest BCUT2D eigenvalue weighted by Crippen LogP contribution is 2.22. The summed E-state index contributed by atoms with van der Waals surface area (Å²) in [6.45, 7) is 2.02. The van der Waals surface area contributed by atoms with E-state index in [9.17, 15) is 13.6 Å². The first kappa shape index (κ1) is 14.9. The van der Waals surface area contributed by atoms with Crippen molar-refractivity contribution in [3.63, 3.8) is 0 Å². The van der Waals surface area contributed by atoms with E-state index in [1.54, 1.807) is 13.0 Å². The van der Waals surface area contributed by atoms with E-state index in [0.717, 1.165) is 12.1 Å². The largest absolute Gasteiger partial charge is 0.490 e. The quantitative estimate of drug-likeness (QED) is 0.588. The van der Waals surface area contributed by atoms with E-state index in [1.807, 2.05) is 0 Å². The van der Waals surface area contributed by atoms with Crippen LogP contribution in [0.2, 0.25) is 0 Å². The minimum Gasteiger partial charge on any atom is -0.490 e. The summed E-state index contributed by atoms with van der Waals surface area (Å²) in [5.41, 5.74) is -0.0284. The Balaban J connectivity index is 2.52. The minimum absolute atomic E-state index is 0.0284. The second-order valence-electron chi connectivity index (χ2n) is 3.64. The van der Waals surface area contributed by atoms with Crippen LogP contribution in [0.4, 0.5) is 8.78 Å². The molecule has 4 nitrogen and oxygen atoms in total. The van der Waals surface area contributed by atoms with E-state index < -0.39 is 11.6 Å². The third-order valence-electron chi connectivity index (χ3n) is 2.21. The highest BCUT2D eigenvalue weighted by atomic mass is 19.2. The Morgan fingerprint density at radius 1 is 1.42 bits per heavy atom. The van der Waals surface area contributed by atoms with Gasteiger partial charge in [0.2, 0.25) is 5.82 Å². The van der Waals surface area contributed by atoms with Crippen molar-refractivity contribution in [2.75, 3.05) is 13.2 Å². The zero-order chi connectivity index (χ0) is 14.3. The fraction of sp³-hybridized carbons (Fsp3) is 0.385. The van der Waals surface area contributed by atoms with Crippen molar-refractivity contribution in [1.29, 1.82) is 5.26 Å². The summed E-state index contributed by atoms with van der Waals surface area (Å²) in [4.78, 5) is 11.0. The number of rotatable bonds is 6. The monoisotopic (exact) mass is 269 g/mol. The van der Waals surface area contributed by atoms with Crippen molar-refractivity contribution in [2.45, 2.75) is 19.8 Å². The number of nitriles is 1. The summed E-state index contributed by atoms with van der Waals surface area (Å²) in [7, 11) is 0. The average molecular weight is 269 g/mol. The third kappa shape index (κ3) is 4.54. The molecule has 0 N–H and O–H groups in total. The first-order valence-electron chi connectivity index (χ1n) is 5.76. The molecule has 0 aromatic heterocycles. The van der Waals surface area contributed by atoms with Gasteiger partial charge in [0, 0.05) is 12.5 Å². The zero-order valence-corrected chi connectivity index (χ0v) is 10.4. The Morgan fingerprint density at radius 2 is 2.16 bits per heavy atom. The van der Waals surface area contributed by atoms with Crippen molar-refractivity contribution in [3.05, 3.63) is 29.3 Å². The van der Waals surface area contributed by atoms with Gasteiger partial charge in [-0.05, 0) is 19.4 Å². The van der Waals surface area contributed by atoms with Gasteiger partial charge in [-0.15, -0.1) is 0 Å². The summed E-state index contributed by atoms with van der Waals surface area (Å²) in [5.74, 6) is -2.99. The highest BCUT2D eigenvalue weighted by molar-refractivity contribution is 5.69. The molecule has 19 heavy (non-hydrogen) atoms. The fourth-order valence-electron chi connectivity index (χ4n) is 1.37. The highest BCUT2D eigenvalue weighted by Gasteiger charge is 2.12. The first-order chi connectivity index (χ1) is 9.08. The Morgan fingerprint density at radius 3 is 2.79 bits per heavy atom. The van der Waals surface area contributed by atoms with E-state index in [-0.39, 0.29) is 30.3 Å². The molecule has 0 unspecified atom stereocenters. The van der Waals surface area contributed by atoms with Gasteiger partial charge in [-0.2, -0.15) is 9.65 Å². The topological polar surface area (TPSA) is 59.3 Å². The van der Waals surface area contributed by atoms with Crippen LogP contribution in [0.5, 0.6) is 5.75 Å². The normalized spacial score (nSPS) is 9.79. The summed E-state index contributed by atoms with van der Waals surface area (Å²) in [6.07, 6.45) is 0.451. The van der Waals surface area contributed by atoms with E-state index in [0.29, 0.717) is 13.0 Å². The smallest absolute Gasteiger partial charge is 0.305 e. The number of hydrogen-bond acceptors (Lipinski definition) is 4. The molecule has 0 aliphatic carbocycles. The summed E-state index contributed by atoms with van der Waals surface area (Å²) in [6, 6.07) is 3.61. The van der Waals surface area contributed by atoms with E-state index >= 15 is 0 Å². The maximum absolute atomic E-state index is 13.3. The van der Waals surface area contributed by atoms with Gasteiger partial charge in [0.25, 0.3) is 0 Å². The Bertz CT molecular complexity index is 497. The van der Waals surface area contributed by atoms with Crippen LogP contribution < -0.4 is 4.74 Å². The molecule has 0 amide bonds. The maximum Gasteiger partial charge on any atom is 0.305 e. The lowest BCUT2D eigenvalue weighted by Gasteiger charge is -2.08. The standard InChI is InChI=1S/C13H13F2NO3/c1-2-18-12(17)4-3-5-19-11-7-9(8-16)6-10(14)13(11)15/h6-7H,2-5H2,1H3. The number of hydrogen-bond donors (Lipinski definition) is 0. The summed E-state index contributed by atoms with van der Waals surface area (Å²) < 4.78 is 36.1. The van der Waals surface area contributed by atoms with Gasteiger partial charge in [-0.25, -0.2) is 4.39 Å². The second-order valence-corrected chi connectivity index (χ2v) is 3.64. The SMILES string of the molecule is CCOC(=O)CCCOc1cc(C#N)cc(F)c1F. The van der Waals surface area contributed by atoms with Crippen LogP contribution >= 0.6 is 0 Å². The van der Waals surface area contributed by atoms with Crippen LogP contribution in [0.15, 0.2) is 12.1 Å². The van der Waals surface area contributed by atoms with Crippen LogP contribution in [0.3, 0.4) is 0 Å². The molecule has 0 spiro atoms. The number of nitrogens with zero attached hydrogens (tertiary/aromatic N) is 1. The van der Waals surface area contributed by atoms with E-state index in [4.69, 9.17) is 14.7 Å². The Hall–Kier alpha value is -2.16. The second kappa shape index (κ2) is 7.31. The van der Waals surface area contributed by atoms with Gasteiger partial charge in [-0.1, -0.05) is 0 Å². The summed E-state index contributed by atoms with van der Waals surface area (Å²) >= 11 is 0. The molecule has 1 aromatic rings. The molecule has 0 radical (unpaired) electrons. The predicted molar refractivity (Wildman–Crippen MR) is 62.4 cm³/mol. The molecule has 0 fully saturated rings. The van der Waals surface area contributed by atoms with E-state index in [1.165, 1.54) is 0 Å². The van der Waals surface area contributed by atoms with Crippen LogP contribution in [0, 0.1) is 23.0 Å². The van der Waals surface area contributed by atoms with Crippen LogP contribution in [0.25, 0.3) is 0 Å². The van der Waals surface area contributed by atoms with Gasteiger partial charge >= 0.3 is 5.97 Å². The molecule has 1 rings (SSSR count). The fourth-order valence-corrected chi connectivity index (χ4v) is 1.37. The lowest BCUT2D eigenvalue weighted by Crippen LogP contribution is -2.07. The molecule has 102 valence electrons. The zero-order valence-electron chi connectivity index (χ0n) is 10.4. The molecule has 0 saturated heterocycles. The number of benzene rings is 1. The van der Waals surface area contributed by atoms with Crippen molar-refractivity contribution < 1.29 is 23.0 Å². The van der Waals surface area contributed by atoms with Gasteiger partial charge in [0.05, 0.1) is 24.8 Å². The molecular formula is C13H13F2NO3. The molecular weight excluding hydrogens is 256 g/mol. The van der Waals surface area contributed by atoms with Gasteiger partial charge in [0.1, 0.15) is 0 Å². The number of esters is 1. The molecule has 0 saturated carbocycles. The molecule has 6 heteroatoms. The van der Waals surface area contributed by atoms with Crippen molar-refractivity contribution in [2.24, 2.45) is 0 Å². The van der Waals surface area contributed by atoms with Gasteiger partial charge in [-0.3, -0.25) is 4.79 Å². The van der Waals surface area contributed by atoms with Crippen LogP contribution in [-0.4, -0.2) is 19.2 Å². The molecule has 0 aliphatic heterocycles. The van der Waals surface area contributed by atoms with Gasteiger partial charge in [0.15, 0.2) is 11.6 Å². The number of ether oxygens (including phenoxy) is 2. The van der Waals surface area contributed by atoms with Crippen LogP contribution in [-0.2, 0) is 9.53 Å². The first-order valence-corrected chi connectivity index (χ1v) is 5.76. The third-order valence-corrected chi connectivity index (χ3v) is 2.21. The molecule has 0 atom stereocenters. The molecule has 0 aliphatic rings. The maximum atomic E-state index is 13.3. The van der Waals surface area contributed by atoms with Gasteiger partial charge < -0.3 is 9.47 Å². The Kier molecular flexibility index (Phi) is 5.73. The predicted octanol–water partition coefficient (Wildman–Crippen LogP) is 2.56.